The molecule has 3 heterocycles. The number of hydrogen-bond donors (Lipinski definition) is 3. The second-order valence-electron chi connectivity index (χ2n) is 13.3. The van der Waals surface area contributed by atoms with Crippen LogP contribution in [-0.4, -0.2) is 60.8 Å². The third-order valence-electron chi connectivity index (χ3n) is 10.3. The number of benzene rings is 1. The molecule has 0 radical (unpaired) electrons. The predicted molar refractivity (Wildman–Crippen MR) is 174 cm³/mol. The lowest BCUT2D eigenvalue weighted by molar-refractivity contribution is 0.0845. The molecule has 1 aliphatic carbocycles. The molecule has 1 unspecified atom stereocenters. The van der Waals surface area contributed by atoms with Crippen molar-refractivity contribution >= 4 is 11.6 Å². The van der Waals surface area contributed by atoms with Gasteiger partial charge in [0.05, 0.1) is 0 Å². The number of aryl methyl sites for hydroxylation is 2. The molecule has 236 valence electrons. The first kappa shape index (κ1) is 31.7. The number of ether oxygens (including phenoxy) is 1. The maximum absolute atomic E-state index is 14.0. The first-order chi connectivity index (χ1) is 20.7. The summed E-state index contributed by atoms with van der Waals surface area (Å²) in [5.74, 6) is 0.169. The summed E-state index contributed by atoms with van der Waals surface area (Å²) in [5.41, 5.74) is 10.3. The van der Waals surface area contributed by atoms with Crippen LogP contribution in [0.4, 0.5) is 5.69 Å². The van der Waals surface area contributed by atoms with Gasteiger partial charge in [0.25, 0.3) is 11.5 Å². The highest BCUT2D eigenvalue weighted by Gasteiger charge is 2.45. The number of aromatic nitrogens is 1. The molecule has 5 rings (SSSR count). The lowest BCUT2D eigenvalue weighted by atomic mass is 9.74. The number of carbonyl (C=O) groups excluding carboxylic acids is 1. The van der Waals surface area contributed by atoms with Gasteiger partial charge >= 0.3 is 0 Å². The molecule has 1 atom stereocenters. The van der Waals surface area contributed by atoms with Crippen LogP contribution in [-0.2, 0) is 11.3 Å². The summed E-state index contributed by atoms with van der Waals surface area (Å²) < 4.78 is 5.71. The normalized spacial score (nSPS) is 21.7. The summed E-state index contributed by atoms with van der Waals surface area (Å²) in [6.45, 7) is 11.7. The number of hydrogen-bond acceptors (Lipinski definition) is 6. The quantitative estimate of drug-likeness (QED) is 0.386. The Balaban J connectivity index is 1.55. The number of carbonyl (C=O) groups is 1. The van der Waals surface area contributed by atoms with E-state index in [4.69, 9.17) is 4.74 Å². The van der Waals surface area contributed by atoms with Crippen LogP contribution in [0.2, 0.25) is 0 Å². The van der Waals surface area contributed by atoms with Crippen LogP contribution in [0.5, 0.6) is 0 Å². The molecule has 3 aliphatic rings. The number of amides is 1. The predicted octanol–water partition coefficient (Wildman–Crippen LogP) is 5.64. The minimum Gasteiger partial charge on any atom is -0.381 e. The number of H-pyrrole nitrogens is 1. The van der Waals surface area contributed by atoms with E-state index >= 15 is 0 Å². The van der Waals surface area contributed by atoms with Crippen molar-refractivity contribution in [1.29, 1.82) is 0 Å². The van der Waals surface area contributed by atoms with Crippen LogP contribution in [0.1, 0.15) is 115 Å². The minimum absolute atomic E-state index is 0.00138. The Bertz CT molecular complexity index is 1320. The summed E-state index contributed by atoms with van der Waals surface area (Å²) in [6, 6.07) is 6.92. The Labute approximate surface area is 257 Å². The molecule has 1 aromatic carbocycles. The largest absolute Gasteiger partial charge is 0.381 e. The average molecular weight is 592 g/mol. The molecule has 1 amide bonds. The third-order valence-corrected chi connectivity index (χ3v) is 10.3. The zero-order valence-corrected chi connectivity index (χ0v) is 27.1. The molecule has 1 spiro atoms. The Morgan fingerprint density at radius 1 is 1.05 bits per heavy atom. The second-order valence-corrected chi connectivity index (χ2v) is 13.3. The number of nitrogens with one attached hydrogen (secondary N) is 3. The van der Waals surface area contributed by atoms with Gasteiger partial charge in [0.1, 0.15) is 0 Å². The summed E-state index contributed by atoms with van der Waals surface area (Å²) >= 11 is 0. The fourth-order valence-electron chi connectivity index (χ4n) is 7.99. The summed E-state index contributed by atoms with van der Waals surface area (Å²) in [7, 11) is 2.17. The zero-order valence-electron chi connectivity index (χ0n) is 27.1. The fourth-order valence-corrected chi connectivity index (χ4v) is 7.99. The monoisotopic (exact) mass is 591 g/mol. The van der Waals surface area contributed by atoms with Crippen molar-refractivity contribution in [1.82, 2.24) is 20.7 Å². The van der Waals surface area contributed by atoms with Crippen LogP contribution >= 0.6 is 0 Å². The van der Waals surface area contributed by atoms with Crippen LogP contribution in [0.15, 0.2) is 23.0 Å². The maximum Gasteiger partial charge on any atom is 0.253 e. The highest BCUT2D eigenvalue weighted by molar-refractivity contribution is 5.97. The van der Waals surface area contributed by atoms with E-state index in [1.165, 1.54) is 44.1 Å². The number of hydrazine groups is 1. The summed E-state index contributed by atoms with van der Waals surface area (Å²) in [5, 5.41) is 5.40. The first-order valence-electron chi connectivity index (χ1n) is 16.7. The number of pyridine rings is 1. The molecule has 8 nitrogen and oxygen atoms in total. The fraction of sp³-hybridized carbons (Fsp3) is 0.657. The lowest BCUT2D eigenvalue weighted by Gasteiger charge is -2.39. The molecular weight excluding hydrogens is 538 g/mol. The van der Waals surface area contributed by atoms with E-state index in [1.807, 2.05) is 19.9 Å². The minimum atomic E-state index is -0.136. The van der Waals surface area contributed by atoms with Crippen molar-refractivity contribution in [2.24, 2.45) is 0 Å². The highest BCUT2D eigenvalue weighted by Crippen LogP contribution is 2.44. The molecular formula is C35H53N5O3. The van der Waals surface area contributed by atoms with Crippen LogP contribution < -0.4 is 21.2 Å². The Morgan fingerprint density at radius 2 is 1.72 bits per heavy atom. The SMILES string of the molecule is CCN(c1cc(C2CN(C)NC23CCCCCCCC3)cc(C(=O)NCc2c(C)cc(C)[nH]c2=O)c1C)C1CCOCC1. The van der Waals surface area contributed by atoms with Gasteiger partial charge < -0.3 is 19.9 Å². The smallest absolute Gasteiger partial charge is 0.253 e. The Hall–Kier alpha value is -2.68. The van der Waals surface area contributed by atoms with E-state index < -0.39 is 0 Å². The molecule has 2 saturated heterocycles. The molecule has 0 bridgehead atoms. The van der Waals surface area contributed by atoms with Crippen molar-refractivity contribution in [3.8, 4) is 0 Å². The molecule has 2 aromatic rings. The van der Waals surface area contributed by atoms with Crippen LogP contribution in [0.3, 0.4) is 0 Å². The van der Waals surface area contributed by atoms with Gasteiger partial charge in [0, 0.05) is 79.9 Å². The van der Waals surface area contributed by atoms with Crippen molar-refractivity contribution in [3.05, 3.63) is 62.1 Å². The van der Waals surface area contributed by atoms with Crippen molar-refractivity contribution < 1.29 is 9.53 Å². The topological polar surface area (TPSA) is 89.7 Å². The highest BCUT2D eigenvalue weighted by atomic mass is 16.5. The van der Waals surface area contributed by atoms with Gasteiger partial charge in [-0.3, -0.25) is 9.59 Å². The van der Waals surface area contributed by atoms with Gasteiger partial charge in [-0.2, -0.15) is 0 Å². The number of likely N-dealkylation sites (N-methyl/N-ethyl adjacent to an activating group) is 1. The van der Waals surface area contributed by atoms with Gasteiger partial charge in [-0.15, -0.1) is 0 Å². The molecule has 1 aromatic heterocycles. The van der Waals surface area contributed by atoms with E-state index in [0.717, 1.165) is 74.5 Å². The number of rotatable bonds is 7. The van der Waals surface area contributed by atoms with E-state index in [0.29, 0.717) is 17.2 Å². The third kappa shape index (κ3) is 7.02. The molecule has 3 fully saturated rings. The molecule has 8 heteroatoms. The Kier molecular flexibility index (Phi) is 10.3. The van der Waals surface area contributed by atoms with Crippen LogP contribution in [0.25, 0.3) is 0 Å². The van der Waals surface area contributed by atoms with Crippen molar-refractivity contribution in [2.75, 3.05) is 38.3 Å². The lowest BCUT2D eigenvalue weighted by Crippen LogP contribution is -2.47. The van der Waals surface area contributed by atoms with E-state index in [9.17, 15) is 9.59 Å². The summed E-state index contributed by atoms with van der Waals surface area (Å²) in [6.07, 6.45) is 12.0. The number of anilines is 1. The van der Waals surface area contributed by atoms with E-state index in [2.05, 4.69) is 58.7 Å². The molecule has 1 saturated carbocycles. The van der Waals surface area contributed by atoms with Crippen molar-refractivity contribution in [2.45, 2.75) is 116 Å². The van der Waals surface area contributed by atoms with Crippen molar-refractivity contribution in [3.63, 3.8) is 0 Å². The van der Waals surface area contributed by atoms with Gasteiger partial charge in [-0.25, -0.2) is 10.4 Å². The van der Waals surface area contributed by atoms with Gasteiger partial charge in [0.15, 0.2) is 0 Å². The Morgan fingerprint density at radius 3 is 2.37 bits per heavy atom. The van der Waals surface area contributed by atoms with Gasteiger partial charge in [-0.05, 0) is 88.3 Å². The molecule has 2 aliphatic heterocycles. The van der Waals surface area contributed by atoms with Gasteiger partial charge in [0.2, 0.25) is 0 Å². The number of nitrogens with zero attached hydrogens (tertiary/aromatic N) is 2. The molecule has 3 N–H and O–H groups in total. The van der Waals surface area contributed by atoms with E-state index in [-0.39, 0.29) is 29.5 Å². The maximum atomic E-state index is 14.0. The summed E-state index contributed by atoms with van der Waals surface area (Å²) in [4.78, 5) is 32.1. The average Bonchev–Trinajstić information content (AvgIpc) is 3.36. The molecule has 43 heavy (non-hydrogen) atoms. The van der Waals surface area contributed by atoms with Crippen LogP contribution in [0, 0.1) is 20.8 Å². The number of aromatic amines is 1. The zero-order chi connectivity index (χ0) is 30.6. The van der Waals surface area contributed by atoms with E-state index in [1.54, 1.807) is 0 Å². The van der Waals surface area contributed by atoms with Gasteiger partial charge in [-0.1, -0.05) is 38.5 Å². The standard InChI is InChI=1S/C35H53N5O3/c1-6-40(28-13-17-43-18-14-28)32-21-27(31-23-39(5)38-35(31)15-11-9-7-8-10-12-16-35)20-29(26(32)4)33(41)36-22-30-24(2)19-25(3)37-34(30)42/h19-21,28,31,38H,6-18,22-23H2,1-5H3,(H,36,41)(H,37,42). The second kappa shape index (κ2) is 14.0. The first-order valence-corrected chi connectivity index (χ1v) is 16.7.